The summed E-state index contributed by atoms with van der Waals surface area (Å²) in [5, 5.41) is 2.78. The normalized spacial score (nSPS) is 16.3. The molecule has 6 heteroatoms. The number of piperidine rings is 1. The van der Waals surface area contributed by atoms with Gasteiger partial charge < -0.3 is 20.7 Å². The first kappa shape index (κ1) is 19.2. The van der Waals surface area contributed by atoms with Crippen molar-refractivity contribution in [3.8, 4) is 0 Å². The number of nitrogens with one attached hydrogen (secondary N) is 1. The number of nitrogens with zero attached hydrogens (tertiary/aromatic N) is 1. The van der Waals surface area contributed by atoms with Gasteiger partial charge in [-0.25, -0.2) is 4.79 Å². The zero-order valence-corrected chi connectivity index (χ0v) is 15.0. The van der Waals surface area contributed by atoms with Gasteiger partial charge in [0.2, 0.25) is 0 Å². The van der Waals surface area contributed by atoms with Gasteiger partial charge in [-0.2, -0.15) is 0 Å². The molecule has 3 N–H and O–H groups in total. The summed E-state index contributed by atoms with van der Waals surface area (Å²) in [6.45, 7) is 2.36. The zero-order chi connectivity index (χ0) is 18.1. The van der Waals surface area contributed by atoms with Crippen LogP contribution in [0.5, 0.6) is 0 Å². The quantitative estimate of drug-likeness (QED) is 0.738. The van der Waals surface area contributed by atoms with E-state index in [4.69, 9.17) is 5.73 Å². The molecule has 1 aromatic carbocycles. The summed E-state index contributed by atoms with van der Waals surface area (Å²) < 4.78 is 4.56. The van der Waals surface area contributed by atoms with Crippen LogP contribution in [0.2, 0.25) is 0 Å². The lowest BCUT2D eigenvalue weighted by Gasteiger charge is -2.41. The van der Waals surface area contributed by atoms with Crippen LogP contribution in [0.25, 0.3) is 0 Å². The van der Waals surface area contributed by atoms with E-state index < -0.39 is 0 Å². The Balaban J connectivity index is 1.77. The lowest BCUT2D eigenvalue weighted by Crippen LogP contribution is -2.49. The molecule has 2 rings (SSSR count). The highest BCUT2D eigenvalue weighted by molar-refractivity contribution is 5.75. The third kappa shape index (κ3) is 5.74. The molecule has 0 aliphatic carbocycles. The minimum atomic E-state index is -0.318. The van der Waals surface area contributed by atoms with Gasteiger partial charge in [-0.1, -0.05) is 30.3 Å². The molecule has 1 saturated heterocycles. The second-order valence-electron chi connectivity index (χ2n) is 6.73. The first-order chi connectivity index (χ1) is 12.1. The Bertz CT molecular complexity index is 554. The number of ether oxygens (including phenoxy) is 1. The van der Waals surface area contributed by atoms with Crippen LogP contribution in [0.3, 0.4) is 0 Å². The molecule has 1 aliphatic rings. The van der Waals surface area contributed by atoms with Crippen LogP contribution in [0, 0.1) is 5.41 Å². The van der Waals surface area contributed by atoms with Crippen molar-refractivity contribution < 1.29 is 14.3 Å². The molecule has 0 bridgehead atoms. The van der Waals surface area contributed by atoms with E-state index in [1.54, 1.807) is 0 Å². The van der Waals surface area contributed by atoms with Gasteiger partial charge in [-0.15, -0.1) is 0 Å². The number of carbonyl (C=O) groups is 2. The highest BCUT2D eigenvalue weighted by Gasteiger charge is 2.34. The van der Waals surface area contributed by atoms with Crippen molar-refractivity contribution in [3.05, 3.63) is 35.9 Å². The van der Waals surface area contributed by atoms with Crippen LogP contribution < -0.4 is 11.1 Å². The highest BCUT2D eigenvalue weighted by Crippen LogP contribution is 2.35. The Hall–Kier alpha value is -2.08. The van der Waals surface area contributed by atoms with E-state index in [-0.39, 0.29) is 23.8 Å². The number of likely N-dealkylation sites (tertiary alicyclic amines) is 1. The second-order valence-corrected chi connectivity index (χ2v) is 6.73. The molecule has 2 amide bonds. The van der Waals surface area contributed by atoms with Crippen LogP contribution in [0.15, 0.2) is 30.3 Å². The average Bonchev–Trinajstić information content (AvgIpc) is 2.67. The van der Waals surface area contributed by atoms with Gasteiger partial charge in [0.1, 0.15) is 0 Å². The van der Waals surface area contributed by atoms with E-state index in [2.05, 4.69) is 34.3 Å². The number of rotatable bonds is 7. The Labute approximate surface area is 149 Å². The minimum Gasteiger partial charge on any atom is -0.469 e. The number of benzene rings is 1. The molecule has 0 spiro atoms. The summed E-state index contributed by atoms with van der Waals surface area (Å²) in [7, 11) is 1.34. The maximum atomic E-state index is 12.2. The third-order valence-corrected chi connectivity index (χ3v) is 5.16. The van der Waals surface area contributed by atoms with Gasteiger partial charge >= 0.3 is 12.0 Å². The van der Waals surface area contributed by atoms with Crippen molar-refractivity contribution >= 4 is 12.0 Å². The van der Waals surface area contributed by atoms with Crippen molar-refractivity contribution in [1.29, 1.82) is 0 Å². The van der Waals surface area contributed by atoms with Crippen LogP contribution in [0.1, 0.15) is 31.2 Å². The molecule has 0 saturated carbocycles. The standard InChI is InChI=1S/C19H29N3O3/c1-25-17(23)8-12-21-18(24)22-13-10-19(15-20,11-14-22)9-7-16-5-3-2-4-6-16/h2-6H,7-15,20H2,1H3,(H,21,24). The Morgan fingerprint density at radius 3 is 2.52 bits per heavy atom. The monoisotopic (exact) mass is 347 g/mol. The van der Waals surface area contributed by atoms with E-state index in [0.717, 1.165) is 25.7 Å². The molecule has 0 atom stereocenters. The van der Waals surface area contributed by atoms with Gasteiger partial charge in [0.25, 0.3) is 0 Å². The smallest absolute Gasteiger partial charge is 0.317 e. The van der Waals surface area contributed by atoms with Crippen molar-refractivity contribution in [2.75, 3.05) is 33.3 Å². The van der Waals surface area contributed by atoms with Gasteiger partial charge in [-0.05, 0) is 43.2 Å². The molecule has 0 aromatic heterocycles. The number of aryl methyl sites for hydroxylation is 1. The van der Waals surface area contributed by atoms with E-state index >= 15 is 0 Å². The average molecular weight is 347 g/mol. The predicted molar refractivity (Wildman–Crippen MR) is 97.1 cm³/mol. The Morgan fingerprint density at radius 1 is 1.24 bits per heavy atom. The molecule has 1 aromatic rings. The number of esters is 1. The Kier molecular flexibility index (Phi) is 7.25. The van der Waals surface area contributed by atoms with E-state index in [1.165, 1.54) is 12.7 Å². The predicted octanol–water partition coefficient (Wildman–Crippen LogP) is 1.93. The number of hydrogen-bond acceptors (Lipinski definition) is 4. The number of hydrogen-bond donors (Lipinski definition) is 2. The van der Waals surface area contributed by atoms with Gasteiger partial charge in [0.15, 0.2) is 0 Å². The summed E-state index contributed by atoms with van der Waals surface area (Å²) in [5.41, 5.74) is 7.52. The number of carbonyl (C=O) groups excluding carboxylic acids is 2. The summed E-state index contributed by atoms with van der Waals surface area (Å²) in [4.78, 5) is 25.1. The fraction of sp³-hybridized carbons (Fsp3) is 0.579. The minimum absolute atomic E-state index is 0.110. The summed E-state index contributed by atoms with van der Waals surface area (Å²) in [6, 6.07) is 10.3. The first-order valence-corrected chi connectivity index (χ1v) is 8.92. The fourth-order valence-electron chi connectivity index (χ4n) is 3.28. The van der Waals surface area contributed by atoms with Crippen LogP contribution in [0.4, 0.5) is 4.79 Å². The zero-order valence-electron chi connectivity index (χ0n) is 15.0. The largest absolute Gasteiger partial charge is 0.469 e. The topological polar surface area (TPSA) is 84.7 Å². The van der Waals surface area contributed by atoms with Crippen molar-refractivity contribution in [3.63, 3.8) is 0 Å². The lowest BCUT2D eigenvalue weighted by molar-refractivity contribution is -0.140. The van der Waals surface area contributed by atoms with Crippen molar-refractivity contribution in [1.82, 2.24) is 10.2 Å². The van der Waals surface area contributed by atoms with Crippen LogP contribution in [-0.2, 0) is 16.0 Å². The van der Waals surface area contributed by atoms with Gasteiger partial charge in [0, 0.05) is 19.6 Å². The van der Waals surface area contributed by atoms with Crippen molar-refractivity contribution in [2.45, 2.75) is 32.1 Å². The lowest BCUT2D eigenvalue weighted by atomic mass is 9.74. The summed E-state index contributed by atoms with van der Waals surface area (Å²) in [5.74, 6) is -0.318. The summed E-state index contributed by atoms with van der Waals surface area (Å²) in [6.07, 6.45) is 4.09. The molecule has 0 unspecified atom stereocenters. The molecule has 0 radical (unpaired) electrons. The summed E-state index contributed by atoms with van der Waals surface area (Å²) >= 11 is 0. The molecule has 25 heavy (non-hydrogen) atoms. The maximum Gasteiger partial charge on any atom is 0.317 e. The van der Waals surface area contributed by atoms with E-state index in [1.807, 2.05) is 11.0 Å². The number of amides is 2. The molecule has 6 nitrogen and oxygen atoms in total. The molecular weight excluding hydrogens is 318 g/mol. The van der Waals surface area contributed by atoms with E-state index in [9.17, 15) is 9.59 Å². The second kappa shape index (κ2) is 9.42. The fourth-order valence-corrected chi connectivity index (χ4v) is 3.28. The maximum absolute atomic E-state index is 12.2. The molecule has 1 fully saturated rings. The highest BCUT2D eigenvalue weighted by atomic mass is 16.5. The number of methoxy groups -OCH3 is 1. The van der Waals surface area contributed by atoms with Crippen molar-refractivity contribution in [2.24, 2.45) is 11.1 Å². The first-order valence-electron chi connectivity index (χ1n) is 8.92. The van der Waals surface area contributed by atoms with Gasteiger partial charge in [-0.3, -0.25) is 4.79 Å². The molecule has 1 aliphatic heterocycles. The molecule has 138 valence electrons. The SMILES string of the molecule is COC(=O)CCNC(=O)N1CCC(CN)(CCc2ccccc2)CC1. The number of nitrogens with two attached hydrogens (primary N) is 1. The molecular formula is C19H29N3O3. The molecule has 1 heterocycles. The van der Waals surface area contributed by atoms with Crippen LogP contribution in [-0.4, -0.2) is 50.2 Å². The Morgan fingerprint density at radius 2 is 1.92 bits per heavy atom. The van der Waals surface area contributed by atoms with Crippen LogP contribution >= 0.6 is 0 Å². The number of urea groups is 1. The third-order valence-electron chi connectivity index (χ3n) is 5.16. The van der Waals surface area contributed by atoms with E-state index in [0.29, 0.717) is 26.2 Å². The van der Waals surface area contributed by atoms with Gasteiger partial charge in [0.05, 0.1) is 13.5 Å².